The average molecular weight is 277 g/mol. The number of rotatable bonds is 3. The first-order valence-corrected chi connectivity index (χ1v) is 6.80. The highest BCUT2D eigenvalue weighted by molar-refractivity contribution is 6.22. The van der Waals surface area contributed by atoms with E-state index in [1.807, 2.05) is 13.8 Å². The third-order valence-corrected chi connectivity index (χ3v) is 3.90. The van der Waals surface area contributed by atoms with E-state index in [-0.39, 0.29) is 30.2 Å². The summed E-state index contributed by atoms with van der Waals surface area (Å²) in [5.41, 5.74) is 0.115. The Balaban J connectivity index is 2.45. The molecular weight excluding hydrogens is 258 g/mol. The van der Waals surface area contributed by atoms with Gasteiger partial charge in [-0.1, -0.05) is 25.9 Å². The number of ketones is 3. The van der Waals surface area contributed by atoms with Crippen LogP contribution < -0.4 is 0 Å². The Kier molecular flexibility index (Phi) is 3.63. The maximum Gasteiger partial charge on any atom is 0.162 e. The first kappa shape index (κ1) is 14.6. The van der Waals surface area contributed by atoms with Crippen molar-refractivity contribution in [3.05, 3.63) is 17.5 Å². The van der Waals surface area contributed by atoms with Gasteiger partial charge in [-0.25, -0.2) is 0 Å². The molecule has 1 aliphatic rings. The van der Waals surface area contributed by atoms with Crippen molar-refractivity contribution in [3.63, 3.8) is 0 Å². The van der Waals surface area contributed by atoms with Gasteiger partial charge in [0.25, 0.3) is 0 Å². The molecule has 0 aromatic carbocycles. The van der Waals surface area contributed by atoms with Gasteiger partial charge in [-0.2, -0.15) is 0 Å². The number of carbonyl (C=O) groups is 3. The molecule has 0 radical (unpaired) electrons. The molecule has 5 heteroatoms. The zero-order chi connectivity index (χ0) is 15.1. The second-order valence-corrected chi connectivity index (χ2v) is 6.09. The van der Waals surface area contributed by atoms with Crippen molar-refractivity contribution in [2.45, 2.75) is 46.5 Å². The summed E-state index contributed by atoms with van der Waals surface area (Å²) >= 11 is 0. The minimum absolute atomic E-state index is 0.185. The Labute approximate surface area is 117 Å². The van der Waals surface area contributed by atoms with Crippen LogP contribution in [0.15, 0.2) is 10.6 Å². The summed E-state index contributed by atoms with van der Waals surface area (Å²) in [6, 6.07) is 1.70. The maximum absolute atomic E-state index is 12.6. The van der Waals surface area contributed by atoms with Crippen LogP contribution in [0.1, 0.15) is 51.0 Å². The van der Waals surface area contributed by atoms with Crippen molar-refractivity contribution in [2.24, 2.45) is 11.3 Å². The molecule has 1 aromatic rings. The topological polar surface area (TPSA) is 77.2 Å². The molecule has 108 valence electrons. The quantitative estimate of drug-likeness (QED) is 0.792. The van der Waals surface area contributed by atoms with Gasteiger partial charge in [0.15, 0.2) is 17.3 Å². The lowest BCUT2D eigenvalue weighted by Gasteiger charge is -2.37. The van der Waals surface area contributed by atoms with E-state index in [2.05, 4.69) is 5.16 Å². The van der Waals surface area contributed by atoms with E-state index < -0.39 is 17.3 Å². The van der Waals surface area contributed by atoms with Crippen LogP contribution in [0.4, 0.5) is 0 Å². The summed E-state index contributed by atoms with van der Waals surface area (Å²) in [5, 5.41) is 3.80. The predicted octanol–water partition coefficient (Wildman–Crippen LogP) is 2.23. The molecule has 0 unspecified atom stereocenters. The van der Waals surface area contributed by atoms with Crippen LogP contribution in [-0.2, 0) is 14.4 Å². The van der Waals surface area contributed by atoms with Crippen LogP contribution in [0.3, 0.4) is 0 Å². The first-order valence-electron chi connectivity index (χ1n) is 6.80. The van der Waals surface area contributed by atoms with Crippen molar-refractivity contribution in [1.82, 2.24) is 5.16 Å². The van der Waals surface area contributed by atoms with Crippen molar-refractivity contribution < 1.29 is 18.9 Å². The fourth-order valence-electron chi connectivity index (χ4n) is 2.95. The summed E-state index contributed by atoms with van der Waals surface area (Å²) in [7, 11) is 0. The zero-order valence-corrected chi connectivity index (χ0v) is 12.2. The van der Waals surface area contributed by atoms with Crippen LogP contribution >= 0.6 is 0 Å². The molecule has 5 nitrogen and oxygen atoms in total. The second kappa shape index (κ2) is 4.96. The summed E-state index contributed by atoms with van der Waals surface area (Å²) in [4.78, 5) is 36.6. The molecule has 20 heavy (non-hydrogen) atoms. The van der Waals surface area contributed by atoms with Crippen molar-refractivity contribution >= 4 is 17.3 Å². The van der Waals surface area contributed by atoms with Gasteiger partial charge in [0.1, 0.15) is 11.7 Å². The first-order chi connectivity index (χ1) is 9.27. The normalized spacial score (nSPS) is 25.8. The minimum Gasteiger partial charge on any atom is -0.360 e. The number of carbonyl (C=O) groups excluding carboxylic acids is 3. The molecule has 2 atom stereocenters. The number of aromatic nitrogens is 1. The Morgan fingerprint density at radius 3 is 2.60 bits per heavy atom. The molecule has 0 bridgehead atoms. The third kappa shape index (κ3) is 2.32. The summed E-state index contributed by atoms with van der Waals surface area (Å²) in [5.74, 6) is -2.23. The van der Waals surface area contributed by atoms with E-state index in [9.17, 15) is 14.4 Å². The highest BCUT2D eigenvalue weighted by Gasteiger charge is 2.51. The highest BCUT2D eigenvalue weighted by atomic mass is 16.5. The molecule has 0 amide bonds. The van der Waals surface area contributed by atoms with Gasteiger partial charge in [0.05, 0.1) is 11.6 Å². The fraction of sp³-hybridized carbons (Fsp3) is 0.600. The molecule has 0 N–H and O–H groups in total. The summed E-state index contributed by atoms with van der Waals surface area (Å²) < 4.78 is 5.21. The van der Waals surface area contributed by atoms with Gasteiger partial charge in [0.2, 0.25) is 0 Å². The van der Waals surface area contributed by atoms with Crippen molar-refractivity contribution in [2.75, 3.05) is 0 Å². The summed E-state index contributed by atoms with van der Waals surface area (Å²) in [6.45, 7) is 7.12. The lowest BCUT2D eigenvalue weighted by atomic mass is 9.62. The van der Waals surface area contributed by atoms with Crippen LogP contribution in [-0.4, -0.2) is 22.5 Å². The molecule has 0 spiro atoms. The van der Waals surface area contributed by atoms with Crippen LogP contribution in [0.2, 0.25) is 0 Å². The Morgan fingerprint density at radius 2 is 2.10 bits per heavy atom. The molecule has 2 rings (SSSR count). The van der Waals surface area contributed by atoms with Crippen LogP contribution in [0.25, 0.3) is 0 Å². The highest BCUT2D eigenvalue weighted by Crippen LogP contribution is 2.45. The number of aryl methyl sites for hydroxylation is 1. The largest absolute Gasteiger partial charge is 0.360 e. The molecule has 0 saturated heterocycles. The van der Waals surface area contributed by atoms with Crippen molar-refractivity contribution in [1.29, 1.82) is 0 Å². The monoisotopic (exact) mass is 277 g/mol. The van der Waals surface area contributed by atoms with Gasteiger partial charge >= 0.3 is 0 Å². The average Bonchev–Trinajstić information content (AvgIpc) is 2.73. The molecule has 0 aliphatic heterocycles. The molecule has 1 saturated carbocycles. The molecular formula is C15H19NO4. The van der Waals surface area contributed by atoms with Gasteiger partial charge in [-0.15, -0.1) is 0 Å². The number of hydrogen-bond acceptors (Lipinski definition) is 5. The molecule has 1 fully saturated rings. The minimum atomic E-state index is -1.14. The molecule has 1 heterocycles. The van der Waals surface area contributed by atoms with E-state index in [4.69, 9.17) is 4.52 Å². The van der Waals surface area contributed by atoms with Crippen LogP contribution in [0, 0.1) is 18.3 Å². The lowest BCUT2D eigenvalue weighted by Crippen LogP contribution is -2.47. The van der Waals surface area contributed by atoms with Crippen molar-refractivity contribution in [3.8, 4) is 0 Å². The number of nitrogens with zero attached hydrogens (tertiary/aromatic N) is 1. The molecule has 1 aromatic heterocycles. The van der Waals surface area contributed by atoms with Gasteiger partial charge in [-0.05, 0) is 12.3 Å². The number of hydrogen-bond donors (Lipinski definition) is 0. The van der Waals surface area contributed by atoms with Gasteiger partial charge in [-0.3, -0.25) is 14.4 Å². The number of Topliss-reactive ketones (excluding diaryl/α,β-unsaturated/α-hetero) is 3. The Bertz CT molecular complexity index is 570. The van der Waals surface area contributed by atoms with Gasteiger partial charge < -0.3 is 4.52 Å². The predicted molar refractivity (Wildman–Crippen MR) is 71.2 cm³/mol. The fourth-order valence-corrected chi connectivity index (χ4v) is 2.95. The van der Waals surface area contributed by atoms with E-state index in [1.54, 1.807) is 19.9 Å². The second-order valence-electron chi connectivity index (χ2n) is 6.09. The standard InChI is InChI=1S/C15H19NO4/c1-5-9(17)12-10(18)7-15(3,4)13(14(12)19)11-6-8(2)16-20-11/h6,12-13H,5,7H2,1-4H3/t12-,13-/m1/s1. The maximum atomic E-state index is 12.6. The van der Waals surface area contributed by atoms with Gasteiger partial charge in [0, 0.05) is 18.9 Å². The van der Waals surface area contributed by atoms with E-state index in [0.717, 1.165) is 0 Å². The smallest absolute Gasteiger partial charge is 0.162 e. The SMILES string of the molecule is CCC(=O)[C@@H]1C(=O)CC(C)(C)[C@H](c2cc(C)no2)C1=O. The third-order valence-electron chi connectivity index (χ3n) is 3.90. The van der Waals surface area contributed by atoms with E-state index in [1.165, 1.54) is 0 Å². The zero-order valence-electron chi connectivity index (χ0n) is 12.2. The van der Waals surface area contributed by atoms with E-state index >= 15 is 0 Å². The Morgan fingerprint density at radius 1 is 1.45 bits per heavy atom. The Hall–Kier alpha value is -1.78. The lowest BCUT2D eigenvalue weighted by molar-refractivity contribution is -0.147. The van der Waals surface area contributed by atoms with E-state index in [0.29, 0.717) is 11.5 Å². The van der Waals surface area contributed by atoms with Crippen LogP contribution in [0.5, 0.6) is 0 Å². The molecule has 1 aliphatic carbocycles. The summed E-state index contributed by atoms with van der Waals surface area (Å²) in [6.07, 6.45) is 0.379.